The van der Waals surface area contributed by atoms with Gasteiger partial charge in [-0.25, -0.2) is 0 Å². The molecule has 0 aromatic heterocycles. The number of hydrogen-bond donors (Lipinski definition) is 0. The van der Waals surface area contributed by atoms with Crippen LogP contribution in [0.5, 0.6) is 0 Å². The second-order valence-corrected chi connectivity index (χ2v) is 9.02. The Bertz CT molecular complexity index is 564. The van der Waals surface area contributed by atoms with Gasteiger partial charge in [-0.15, -0.1) is 11.8 Å². The van der Waals surface area contributed by atoms with E-state index in [1.165, 1.54) is 0 Å². The van der Waals surface area contributed by atoms with E-state index in [2.05, 4.69) is 18.4 Å². The van der Waals surface area contributed by atoms with E-state index in [0.29, 0.717) is 5.49 Å². The molecule has 0 heterocycles. The van der Waals surface area contributed by atoms with Gasteiger partial charge in [-0.05, 0) is 11.8 Å². The van der Waals surface area contributed by atoms with Crippen LogP contribution in [-0.2, 0) is 4.57 Å². The highest BCUT2D eigenvalue weighted by Gasteiger charge is 2.26. The van der Waals surface area contributed by atoms with Gasteiger partial charge in [-0.2, -0.15) is 0 Å². The molecule has 0 unspecified atom stereocenters. The molecule has 2 rings (SSSR count). The molecule has 0 aliphatic carbocycles. The van der Waals surface area contributed by atoms with Crippen LogP contribution in [-0.4, -0.2) is 5.49 Å². The lowest BCUT2D eigenvalue weighted by Gasteiger charge is -2.18. The molecule has 3 heteroatoms. The monoisotopic (exact) mass is 316 g/mol. The molecule has 110 valence electrons. The van der Waals surface area contributed by atoms with Crippen LogP contribution in [0.25, 0.3) is 0 Å². The zero-order valence-electron chi connectivity index (χ0n) is 12.3. The van der Waals surface area contributed by atoms with E-state index in [4.69, 9.17) is 0 Å². The third-order valence-electron chi connectivity index (χ3n) is 3.25. The minimum atomic E-state index is -2.56. The Kier molecular flexibility index (Phi) is 6.35. The van der Waals surface area contributed by atoms with E-state index < -0.39 is 7.14 Å². The van der Waals surface area contributed by atoms with Crippen LogP contribution in [0.3, 0.4) is 0 Å². The van der Waals surface area contributed by atoms with Crippen molar-refractivity contribution in [1.29, 1.82) is 0 Å². The van der Waals surface area contributed by atoms with Gasteiger partial charge in [0.2, 0.25) is 0 Å². The quantitative estimate of drug-likeness (QED) is 0.668. The van der Waals surface area contributed by atoms with Crippen molar-refractivity contribution in [3.05, 3.63) is 72.1 Å². The summed E-state index contributed by atoms with van der Waals surface area (Å²) in [5.41, 5.74) is 0.612. The molecule has 0 aliphatic heterocycles. The molecule has 0 saturated heterocycles. The van der Waals surface area contributed by atoms with E-state index in [-0.39, 0.29) is 0 Å². The van der Waals surface area contributed by atoms with E-state index in [0.717, 1.165) is 23.5 Å². The molecule has 21 heavy (non-hydrogen) atoms. The van der Waals surface area contributed by atoms with Crippen LogP contribution in [0.1, 0.15) is 19.8 Å². The standard InChI is InChI=1S/C18H21OPS/c1-2-3-10-15-21-16-20(19,17-11-6-4-7-12-17)18-13-8-5-9-14-18/h4-15H,2-3,16H2,1H3. The normalized spacial score (nSPS) is 11.9. The molecule has 0 amide bonds. The van der Waals surface area contributed by atoms with Crippen molar-refractivity contribution >= 4 is 29.5 Å². The highest BCUT2D eigenvalue weighted by Crippen LogP contribution is 2.46. The third-order valence-corrected chi connectivity index (χ3v) is 7.95. The molecular formula is C18H21OPS. The smallest absolute Gasteiger partial charge is 0.152 e. The van der Waals surface area contributed by atoms with E-state index >= 15 is 0 Å². The van der Waals surface area contributed by atoms with Gasteiger partial charge in [0.15, 0.2) is 7.14 Å². The Hall–Kier alpha value is -1.24. The lowest BCUT2D eigenvalue weighted by Crippen LogP contribution is -2.17. The first-order valence-corrected chi connectivity index (χ1v) is 10.2. The van der Waals surface area contributed by atoms with E-state index in [9.17, 15) is 4.57 Å². The summed E-state index contributed by atoms with van der Waals surface area (Å²) in [5, 5.41) is 3.96. The highest BCUT2D eigenvalue weighted by molar-refractivity contribution is 8.10. The number of thioether (sulfide) groups is 1. The van der Waals surface area contributed by atoms with Gasteiger partial charge in [0.1, 0.15) is 0 Å². The van der Waals surface area contributed by atoms with E-state index in [1.54, 1.807) is 11.8 Å². The van der Waals surface area contributed by atoms with Gasteiger partial charge in [0.05, 0.1) is 5.49 Å². The average molecular weight is 316 g/mol. The van der Waals surface area contributed by atoms with Gasteiger partial charge in [-0.3, -0.25) is 0 Å². The summed E-state index contributed by atoms with van der Waals surface area (Å²) < 4.78 is 13.6. The van der Waals surface area contributed by atoms with Crippen molar-refractivity contribution in [2.75, 3.05) is 5.49 Å². The summed E-state index contributed by atoms with van der Waals surface area (Å²) >= 11 is 1.65. The summed E-state index contributed by atoms with van der Waals surface area (Å²) in [6, 6.07) is 19.7. The predicted molar refractivity (Wildman–Crippen MR) is 96.3 cm³/mol. The largest absolute Gasteiger partial charge is 0.313 e. The molecule has 2 aromatic carbocycles. The molecule has 1 nitrogen and oxygen atoms in total. The van der Waals surface area contributed by atoms with Gasteiger partial charge in [0, 0.05) is 10.6 Å². The summed E-state index contributed by atoms with van der Waals surface area (Å²) in [6.07, 6.45) is 4.38. The Balaban J connectivity index is 2.25. The topological polar surface area (TPSA) is 17.1 Å². The summed E-state index contributed by atoms with van der Waals surface area (Å²) in [5.74, 6) is 0. The van der Waals surface area contributed by atoms with Crippen LogP contribution in [0, 0.1) is 0 Å². The molecule has 2 aromatic rings. The molecule has 0 atom stereocenters. The maximum Gasteiger partial charge on any atom is 0.152 e. The van der Waals surface area contributed by atoms with Crippen molar-refractivity contribution in [3.8, 4) is 0 Å². The molecule has 0 fully saturated rings. The lowest BCUT2D eigenvalue weighted by atomic mass is 10.3. The zero-order valence-corrected chi connectivity index (χ0v) is 14.0. The second kappa shape index (κ2) is 8.26. The minimum absolute atomic E-state index is 0.612. The first-order valence-electron chi connectivity index (χ1n) is 7.24. The Morgan fingerprint density at radius 3 is 1.95 bits per heavy atom. The molecule has 0 N–H and O–H groups in total. The minimum Gasteiger partial charge on any atom is -0.313 e. The number of hydrogen-bond acceptors (Lipinski definition) is 2. The maximum atomic E-state index is 13.6. The van der Waals surface area contributed by atoms with Crippen molar-refractivity contribution in [2.24, 2.45) is 0 Å². The summed E-state index contributed by atoms with van der Waals surface area (Å²) in [7, 11) is -2.56. The fraction of sp³-hybridized carbons (Fsp3) is 0.222. The van der Waals surface area contributed by atoms with Crippen LogP contribution in [0.15, 0.2) is 72.1 Å². The number of allylic oxidation sites excluding steroid dienone is 1. The third kappa shape index (κ3) is 4.36. The van der Waals surface area contributed by atoms with Crippen molar-refractivity contribution in [2.45, 2.75) is 19.8 Å². The fourth-order valence-electron chi connectivity index (χ4n) is 2.09. The first-order chi connectivity index (χ1) is 10.3. The Morgan fingerprint density at radius 1 is 0.952 bits per heavy atom. The Labute approximate surface area is 131 Å². The van der Waals surface area contributed by atoms with Crippen LogP contribution in [0.4, 0.5) is 0 Å². The van der Waals surface area contributed by atoms with Gasteiger partial charge < -0.3 is 4.57 Å². The number of unbranched alkanes of at least 4 members (excludes halogenated alkanes) is 1. The van der Waals surface area contributed by atoms with Gasteiger partial charge >= 0.3 is 0 Å². The average Bonchev–Trinajstić information content (AvgIpc) is 2.56. The zero-order chi connectivity index (χ0) is 15.0. The number of rotatable bonds is 7. The van der Waals surface area contributed by atoms with E-state index in [1.807, 2.05) is 60.7 Å². The van der Waals surface area contributed by atoms with Crippen LogP contribution in [0.2, 0.25) is 0 Å². The maximum absolute atomic E-state index is 13.6. The van der Waals surface area contributed by atoms with Crippen molar-refractivity contribution < 1.29 is 4.57 Å². The van der Waals surface area contributed by atoms with Crippen LogP contribution >= 0.6 is 18.9 Å². The van der Waals surface area contributed by atoms with Crippen molar-refractivity contribution in [1.82, 2.24) is 0 Å². The summed E-state index contributed by atoms with van der Waals surface area (Å²) in [6.45, 7) is 2.16. The molecule has 0 spiro atoms. The Morgan fingerprint density at radius 2 is 1.48 bits per heavy atom. The molecule has 0 radical (unpaired) electrons. The molecule has 0 bridgehead atoms. The first kappa shape index (κ1) is 16.1. The lowest BCUT2D eigenvalue weighted by molar-refractivity contribution is 0.590. The molecule has 0 aliphatic rings. The second-order valence-electron chi connectivity index (χ2n) is 4.87. The highest BCUT2D eigenvalue weighted by atomic mass is 32.2. The van der Waals surface area contributed by atoms with Crippen LogP contribution < -0.4 is 10.6 Å². The molecule has 0 saturated carbocycles. The SMILES string of the molecule is CCCC=CSCP(=O)(c1ccccc1)c1ccccc1. The van der Waals surface area contributed by atoms with Gasteiger partial charge in [-0.1, -0.05) is 80.1 Å². The van der Waals surface area contributed by atoms with Gasteiger partial charge in [0.25, 0.3) is 0 Å². The molecular weight excluding hydrogens is 295 g/mol. The van der Waals surface area contributed by atoms with Crippen molar-refractivity contribution in [3.63, 3.8) is 0 Å². The predicted octanol–water partition coefficient (Wildman–Crippen LogP) is 5.01. The fourth-order valence-corrected chi connectivity index (χ4v) is 6.34. The summed E-state index contributed by atoms with van der Waals surface area (Å²) in [4.78, 5) is 0. The number of benzene rings is 2.